The lowest BCUT2D eigenvalue weighted by atomic mass is 9.98. The topological polar surface area (TPSA) is 105 Å². The number of alkyl carbamates (subject to hydrolysis) is 1. The second kappa shape index (κ2) is 10.8. The lowest BCUT2D eigenvalue weighted by Crippen LogP contribution is -2.39. The summed E-state index contributed by atoms with van der Waals surface area (Å²) < 4.78 is 5.49. The Morgan fingerprint density at radius 3 is 2.19 bits per heavy atom. The standard InChI is InChI=1S/C25H30N2O5/c1-3-8-17(24(29)30)14-26-23(28)13-16(2)27-25(31)32-15-22-20-11-6-4-9-18(20)19-10-5-7-12-21(19)22/h4-7,9-12,16-17,22H,3,8,13-15H2,1-2H3,(H,26,28)(H,27,31)(H,29,30)/t16-,17?/m0/s1. The molecule has 3 N–H and O–H groups in total. The molecule has 1 unspecified atom stereocenters. The zero-order valence-electron chi connectivity index (χ0n) is 18.5. The van der Waals surface area contributed by atoms with Gasteiger partial charge in [0.2, 0.25) is 5.91 Å². The molecule has 0 heterocycles. The number of carbonyl (C=O) groups excluding carboxylic acids is 2. The number of amides is 2. The van der Waals surface area contributed by atoms with Crippen LogP contribution in [0.25, 0.3) is 11.1 Å². The van der Waals surface area contributed by atoms with Crippen molar-refractivity contribution in [3.05, 3.63) is 59.7 Å². The summed E-state index contributed by atoms with van der Waals surface area (Å²) in [6.45, 7) is 3.90. The predicted molar refractivity (Wildman–Crippen MR) is 121 cm³/mol. The van der Waals surface area contributed by atoms with Crippen molar-refractivity contribution in [3.63, 3.8) is 0 Å². The maximum Gasteiger partial charge on any atom is 0.407 e. The minimum absolute atomic E-state index is 0.0294. The van der Waals surface area contributed by atoms with Crippen molar-refractivity contribution in [1.82, 2.24) is 10.6 Å². The van der Waals surface area contributed by atoms with Gasteiger partial charge in [0.05, 0.1) is 5.92 Å². The van der Waals surface area contributed by atoms with E-state index in [1.807, 2.05) is 31.2 Å². The van der Waals surface area contributed by atoms with Crippen LogP contribution in [0.5, 0.6) is 0 Å². The highest BCUT2D eigenvalue weighted by molar-refractivity contribution is 5.80. The van der Waals surface area contributed by atoms with Crippen molar-refractivity contribution in [2.24, 2.45) is 5.92 Å². The zero-order chi connectivity index (χ0) is 23.1. The first-order valence-electron chi connectivity index (χ1n) is 11.0. The Balaban J connectivity index is 1.48. The van der Waals surface area contributed by atoms with Crippen LogP contribution in [0.3, 0.4) is 0 Å². The third-order valence-electron chi connectivity index (χ3n) is 5.73. The van der Waals surface area contributed by atoms with Gasteiger partial charge in [-0.25, -0.2) is 4.79 Å². The number of nitrogens with one attached hydrogen (secondary N) is 2. The Labute approximate surface area is 188 Å². The summed E-state index contributed by atoms with van der Waals surface area (Å²) >= 11 is 0. The second-order valence-electron chi connectivity index (χ2n) is 8.20. The molecule has 0 aromatic heterocycles. The van der Waals surface area contributed by atoms with Crippen molar-refractivity contribution in [2.75, 3.05) is 13.2 Å². The number of hydrogen-bond donors (Lipinski definition) is 3. The molecule has 7 nitrogen and oxygen atoms in total. The minimum Gasteiger partial charge on any atom is -0.481 e. The van der Waals surface area contributed by atoms with Crippen LogP contribution < -0.4 is 10.6 Å². The van der Waals surface area contributed by atoms with Crippen LogP contribution in [-0.2, 0) is 14.3 Å². The van der Waals surface area contributed by atoms with E-state index >= 15 is 0 Å². The molecule has 0 fully saturated rings. The molecule has 32 heavy (non-hydrogen) atoms. The summed E-state index contributed by atoms with van der Waals surface area (Å²) in [5, 5.41) is 14.5. The fraction of sp³-hybridized carbons (Fsp3) is 0.400. The van der Waals surface area contributed by atoms with Gasteiger partial charge in [-0.15, -0.1) is 0 Å². The second-order valence-corrected chi connectivity index (χ2v) is 8.20. The molecule has 170 valence electrons. The summed E-state index contributed by atoms with van der Waals surface area (Å²) in [6, 6.07) is 15.8. The molecule has 0 bridgehead atoms. The summed E-state index contributed by atoms with van der Waals surface area (Å²) in [5.41, 5.74) is 4.58. The predicted octanol–water partition coefficient (Wildman–Crippen LogP) is 3.92. The summed E-state index contributed by atoms with van der Waals surface area (Å²) in [4.78, 5) is 35.6. The monoisotopic (exact) mass is 438 g/mol. The molecule has 2 atom stereocenters. The van der Waals surface area contributed by atoms with Crippen LogP contribution in [0.2, 0.25) is 0 Å². The fourth-order valence-corrected chi connectivity index (χ4v) is 4.14. The molecular formula is C25H30N2O5. The van der Waals surface area contributed by atoms with Crippen LogP contribution in [0.4, 0.5) is 4.79 Å². The largest absolute Gasteiger partial charge is 0.481 e. The van der Waals surface area contributed by atoms with Gasteiger partial charge < -0.3 is 20.5 Å². The van der Waals surface area contributed by atoms with Crippen LogP contribution >= 0.6 is 0 Å². The van der Waals surface area contributed by atoms with E-state index in [0.29, 0.717) is 6.42 Å². The quantitative estimate of drug-likeness (QED) is 0.521. The Hall–Kier alpha value is -3.35. The number of carboxylic acid groups (broad SMARTS) is 1. The van der Waals surface area contributed by atoms with E-state index in [-0.39, 0.29) is 31.4 Å². The van der Waals surface area contributed by atoms with E-state index < -0.39 is 24.0 Å². The lowest BCUT2D eigenvalue weighted by Gasteiger charge is -2.18. The van der Waals surface area contributed by atoms with Gasteiger partial charge in [0.15, 0.2) is 0 Å². The molecule has 2 amide bonds. The average Bonchev–Trinajstić information content (AvgIpc) is 3.08. The van der Waals surface area contributed by atoms with Gasteiger partial charge >= 0.3 is 12.1 Å². The third kappa shape index (κ3) is 5.66. The number of ether oxygens (including phenoxy) is 1. The summed E-state index contributed by atoms with van der Waals surface area (Å²) in [6.07, 6.45) is 0.694. The normalized spacial score (nSPS) is 14.1. The van der Waals surface area contributed by atoms with Crippen molar-refractivity contribution >= 4 is 18.0 Å². The van der Waals surface area contributed by atoms with E-state index in [4.69, 9.17) is 9.84 Å². The molecule has 7 heteroatoms. The maximum absolute atomic E-state index is 12.3. The van der Waals surface area contributed by atoms with E-state index in [0.717, 1.165) is 28.7 Å². The molecular weight excluding hydrogens is 408 g/mol. The molecule has 2 aromatic carbocycles. The highest BCUT2D eigenvalue weighted by Crippen LogP contribution is 2.44. The molecule has 3 rings (SSSR count). The van der Waals surface area contributed by atoms with Gasteiger partial charge in [-0.3, -0.25) is 9.59 Å². The van der Waals surface area contributed by atoms with Gasteiger partial charge in [-0.05, 0) is 35.6 Å². The SMILES string of the molecule is CCCC(CNC(=O)C[C@H](C)NC(=O)OCC1c2ccccc2-c2ccccc21)C(=O)O. The minimum atomic E-state index is -0.919. The van der Waals surface area contributed by atoms with Crippen molar-refractivity contribution in [2.45, 2.75) is 45.1 Å². The molecule has 0 saturated carbocycles. The number of carbonyl (C=O) groups is 3. The Bertz CT molecular complexity index is 929. The van der Waals surface area contributed by atoms with Gasteiger partial charge in [0.1, 0.15) is 6.61 Å². The highest BCUT2D eigenvalue weighted by atomic mass is 16.5. The Morgan fingerprint density at radius 1 is 1.03 bits per heavy atom. The van der Waals surface area contributed by atoms with Crippen LogP contribution in [0, 0.1) is 5.92 Å². The van der Waals surface area contributed by atoms with Gasteiger partial charge in [-0.2, -0.15) is 0 Å². The zero-order valence-corrected chi connectivity index (χ0v) is 18.5. The smallest absolute Gasteiger partial charge is 0.407 e. The number of rotatable bonds is 10. The molecule has 2 aromatic rings. The van der Waals surface area contributed by atoms with E-state index in [1.165, 1.54) is 0 Å². The first kappa shape index (κ1) is 23.3. The third-order valence-corrected chi connectivity index (χ3v) is 5.73. The molecule has 0 radical (unpaired) electrons. The number of fused-ring (bicyclic) bond motifs is 3. The number of aliphatic carboxylic acids is 1. The summed E-state index contributed by atoms with van der Waals surface area (Å²) in [7, 11) is 0. The number of hydrogen-bond acceptors (Lipinski definition) is 4. The van der Waals surface area contributed by atoms with Gasteiger partial charge in [-0.1, -0.05) is 61.9 Å². The van der Waals surface area contributed by atoms with Gasteiger partial charge in [0.25, 0.3) is 0 Å². The van der Waals surface area contributed by atoms with Crippen molar-refractivity contribution < 1.29 is 24.2 Å². The fourth-order valence-electron chi connectivity index (χ4n) is 4.14. The molecule has 0 aliphatic heterocycles. The Morgan fingerprint density at radius 2 is 1.62 bits per heavy atom. The molecule has 1 aliphatic rings. The maximum atomic E-state index is 12.3. The first-order valence-corrected chi connectivity index (χ1v) is 11.0. The van der Waals surface area contributed by atoms with Crippen LogP contribution in [0.1, 0.15) is 50.2 Å². The average molecular weight is 439 g/mol. The van der Waals surface area contributed by atoms with Crippen molar-refractivity contribution in [1.29, 1.82) is 0 Å². The van der Waals surface area contributed by atoms with E-state index in [9.17, 15) is 14.4 Å². The molecule has 1 aliphatic carbocycles. The first-order chi connectivity index (χ1) is 15.4. The van der Waals surface area contributed by atoms with Crippen LogP contribution in [0.15, 0.2) is 48.5 Å². The van der Waals surface area contributed by atoms with Crippen LogP contribution in [-0.4, -0.2) is 42.3 Å². The molecule has 0 spiro atoms. The van der Waals surface area contributed by atoms with E-state index in [1.54, 1.807) is 6.92 Å². The lowest BCUT2D eigenvalue weighted by molar-refractivity contribution is -0.141. The van der Waals surface area contributed by atoms with E-state index in [2.05, 4.69) is 34.9 Å². The molecule has 0 saturated heterocycles. The van der Waals surface area contributed by atoms with Gasteiger partial charge in [0, 0.05) is 24.9 Å². The number of benzene rings is 2. The highest BCUT2D eigenvalue weighted by Gasteiger charge is 2.29. The summed E-state index contributed by atoms with van der Waals surface area (Å²) in [5.74, 6) is -1.86. The number of carboxylic acids is 1. The van der Waals surface area contributed by atoms with Crippen molar-refractivity contribution in [3.8, 4) is 11.1 Å². The Kier molecular flexibility index (Phi) is 7.87.